The molecule has 5 nitrogen and oxygen atoms in total. The Labute approximate surface area is 199 Å². The Morgan fingerprint density at radius 2 is 1.64 bits per heavy atom. The van der Waals surface area contributed by atoms with Gasteiger partial charge < -0.3 is 9.64 Å². The van der Waals surface area contributed by atoms with Crippen molar-refractivity contribution < 1.29 is 4.74 Å². The third-order valence-electron chi connectivity index (χ3n) is 6.20. The van der Waals surface area contributed by atoms with E-state index >= 15 is 0 Å². The predicted molar refractivity (Wildman–Crippen MR) is 137 cm³/mol. The molecule has 33 heavy (non-hydrogen) atoms. The zero-order chi connectivity index (χ0) is 22.8. The van der Waals surface area contributed by atoms with Crippen molar-refractivity contribution in [2.75, 3.05) is 37.7 Å². The maximum absolute atomic E-state index is 5.65. The number of aryl methyl sites for hydroxylation is 2. The number of fused-ring (bicyclic) bond motifs is 1. The van der Waals surface area contributed by atoms with E-state index in [-0.39, 0.29) is 0 Å². The highest BCUT2D eigenvalue weighted by atomic mass is 32.1. The molecule has 1 aliphatic rings. The first-order valence-corrected chi connectivity index (χ1v) is 12.5. The van der Waals surface area contributed by atoms with Crippen molar-refractivity contribution >= 4 is 27.4 Å². The Bertz CT molecular complexity index is 1230. The van der Waals surface area contributed by atoms with Gasteiger partial charge in [0.2, 0.25) is 0 Å². The molecule has 5 rings (SSSR count). The normalized spacial score (nSPS) is 14.7. The minimum atomic E-state index is 0.674. The molecule has 170 valence electrons. The van der Waals surface area contributed by atoms with Gasteiger partial charge in [0.15, 0.2) is 0 Å². The van der Waals surface area contributed by atoms with Crippen LogP contribution in [0.5, 0.6) is 5.75 Å². The number of aromatic nitrogens is 2. The van der Waals surface area contributed by atoms with E-state index in [9.17, 15) is 0 Å². The van der Waals surface area contributed by atoms with Crippen molar-refractivity contribution in [3.05, 3.63) is 70.9 Å². The van der Waals surface area contributed by atoms with Crippen LogP contribution in [-0.2, 0) is 6.54 Å². The lowest BCUT2D eigenvalue weighted by molar-refractivity contribution is 0.249. The van der Waals surface area contributed by atoms with Crippen molar-refractivity contribution in [3.63, 3.8) is 0 Å². The number of nitrogens with zero attached hydrogens (tertiary/aromatic N) is 4. The van der Waals surface area contributed by atoms with Gasteiger partial charge in [0.05, 0.1) is 12.0 Å². The quantitative estimate of drug-likeness (QED) is 0.371. The van der Waals surface area contributed by atoms with Crippen LogP contribution in [0, 0.1) is 13.8 Å². The van der Waals surface area contributed by atoms with E-state index in [1.165, 1.54) is 27.0 Å². The zero-order valence-corrected chi connectivity index (χ0v) is 20.4. The van der Waals surface area contributed by atoms with Gasteiger partial charge in [-0.1, -0.05) is 42.5 Å². The number of ether oxygens (including phenoxy) is 1. The van der Waals surface area contributed by atoms with Gasteiger partial charge in [-0.3, -0.25) is 4.90 Å². The second kappa shape index (κ2) is 9.49. The lowest BCUT2D eigenvalue weighted by Crippen LogP contribution is -2.46. The summed E-state index contributed by atoms with van der Waals surface area (Å²) in [6.07, 6.45) is 0. The second-order valence-corrected chi connectivity index (χ2v) is 9.72. The van der Waals surface area contributed by atoms with Crippen molar-refractivity contribution in [2.45, 2.75) is 27.3 Å². The number of rotatable bonds is 6. The molecule has 0 N–H and O–H groups in total. The van der Waals surface area contributed by atoms with Crippen LogP contribution in [-0.4, -0.2) is 47.7 Å². The van der Waals surface area contributed by atoms with Crippen LogP contribution in [0.1, 0.15) is 23.2 Å². The molecule has 0 amide bonds. The zero-order valence-electron chi connectivity index (χ0n) is 19.5. The van der Waals surface area contributed by atoms with Crippen LogP contribution in [0.2, 0.25) is 0 Å². The molecule has 1 fully saturated rings. The van der Waals surface area contributed by atoms with Crippen LogP contribution in [0.4, 0.5) is 5.82 Å². The van der Waals surface area contributed by atoms with Gasteiger partial charge in [-0.05, 0) is 44.0 Å². The Morgan fingerprint density at radius 1 is 0.909 bits per heavy atom. The lowest BCUT2D eigenvalue weighted by atomic mass is 10.0. The average molecular weight is 459 g/mol. The second-order valence-electron chi connectivity index (χ2n) is 8.51. The highest BCUT2D eigenvalue weighted by molar-refractivity contribution is 7.19. The first-order chi connectivity index (χ1) is 16.1. The molecule has 2 aromatic carbocycles. The van der Waals surface area contributed by atoms with Gasteiger partial charge in [-0.2, -0.15) is 0 Å². The molecule has 0 bridgehead atoms. The summed E-state index contributed by atoms with van der Waals surface area (Å²) >= 11 is 1.76. The number of hydrogen-bond donors (Lipinski definition) is 0. The highest BCUT2D eigenvalue weighted by Crippen LogP contribution is 2.42. The summed E-state index contributed by atoms with van der Waals surface area (Å²) < 4.78 is 5.65. The van der Waals surface area contributed by atoms with Crippen LogP contribution < -0.4 is 9.64 Å². The minimum Gasteiger partial charge on any atom is -0.494 e. The SMILES string of the molecule is CCOc1ccc(-c2c(C)sc3nc(C)nc(N4CCN(Cc5ccccc5)CC4)c23)cc1. The van der Waals surface area contributed by atoms with Crippen molar-refractivity contribution in [2.24, 2.45) is 0 Å². The summed E-state index contributed by atoms with van der Waals surface area (Å²) in [5, 5.41) is 1.18. The molecule has 1 aliphatic heterocycles. The molecule has 0 unspecified atom stereocenters. The van der Waals surface area contributed by atoms with E-state index in [2.05, 4.69) is 71.3 Å². The first kappa shape index (κ1) is 21.9. The number of benzene rings is 2. The molecule has 0 saturated carbocycles. The summed E-state index contributed by atoms with van der Waals surface area (Å²) in [5.74, 6) is 2.81. The van der Waals surface area contributed by atoms with Gasteiger partial charge in [-0.15, -0.1) is 11.3 Å². The highest BCUT2D eigenvalue weighted by Gasteiger charge is 2.24. The van der Waals surface area contributed by atoms with Crippen molar-refractivity contribution in [3.8, 4) is 16.9 Å². The summed E-state index contributed by atoms with van der Waals surface area (Å²) in [5.41, 5.74) is 3.82. The molecule has 0 spiro atoms. The molecule has 2 aromatic heterocycles. The summed E-state index contributed by atoms with van der Waals surface area (Å²) in [6, 6.07) is 19.1. The Kier molecular flexibility index (Phi) is 6.29. The minimum absolute atomic E-state index is 0.674. The van der Waals surface area contributed by atoms with Gasteiger partial charge in [0.1, 0.15) is 22.2 Å². The van der Waals surface area contributed by atoms with E-state index in [1.54, 1.807) is 11.3 Å². The van der Waals surface area contributed by atoms with E-state index in [4.69, 9.17) is 14.7 Å². The third kappa shape index (κ3) is 4.59. The molecule has 0 radical (unpaired) electrons. The maximum atomic E-state index is 5.65. The standard InChI is InChI=1S/C27H30N4OS/c1-4-32-23-12-10-22(11-13-23)24-19(2)33-27-25(24)26(28-20(3)29-27)31-16-14-30(15-17-31)18-21-8-6-5-7-9-21/h5-13H,4,14-18H2,1-3H3. The Hall–Kier alpha value is -2.96. The molecule has 0 atom stereocenters. The number of hydrogen-bond acceptors (Lipinski definition) is 6. The van der Waals surface area contributed by atoms with Crippen LogP contribution in [0.3, 0.4) is 0 Å². The van der Waals surface area contributed by atoms with E-state index < -0.39 is 0 Å². The maximum Gasteiger partial charge on any atom is 0.141 e. The molecule has 6 heteroatoms. The monoisotopic (exact) mass is 458 g/mol. The first-order valence-electron chi connectivity index (χ1n) is 11.6. The summed E-state index contributed by atoms with van der Waals surface area (Å²) in [6.45, 7) is 11.9. The van der Waals surface area contributed by atoms with Gasteiger partial charge in [-0.25, -0.2) is 9.97 Å². The van der Waals surface area contributed by atoms with Gasteiger partial charge in [0, 0.05) is 43.2 Å². The van der Waals surface area contributed by atoms with Gasteiger partial charge >= 0.3 is 0 Å². The summed E-state index contributed by atoms with van der Waals surface area (Å²) in [4.78, 5) is 17.1. The number of anilines is 1. The average Bonchev–Trinajstić information content (AvgIpc) is 3.16. The Balaban J connectivity index is 1.45. The van der Waals surface area contributed by atoms with Crippen molar-refractivity contribution in [1.82, 2.24) is 14.9 Å². The van der Waals surface area contributed by atoms with Crippen LogP contribution in [0.15, 0.2) is 54.6 Å². The smallest absolute Gasteiger partial charge is 0.141 e. The fraction of sp³-hybridized carbons (Fsp3) is 0.333. The molecular formula is C27H30N4OS. The van der Waals surface area contributed by atoms with E-state index in [1.807, 2.05) is 13.8 Å². The van der Waals surface area contributed by atoms with Crippen LogP contribution >= 0.6 is 11.3 Å². The number of piperazine rings is 1. The summed E-state index contributed by atoms with van der Waals surface area (Å²) in [7, 11) is 0. The molecular weight excluding hydrogens is 428 g/mol. The van der Waals surface area contributed by atoms with E-state index in [0.29, 0.717) is 6.61 Å². The molecule has 0 aliphatic carbocycles. The van der Waals surface area contributed by atoms with Crippen LogP contribution in [0.25, 0.3) is 21.3 Å². The molecule has 1 saturated heterocycles. The predicted octanol–water partition coefficient (Wildman–Crippen LogP) is 5.70. The topological polar surface area (TPSA) is 41.5 Å². The number of thiophene rings is 1. The third-order valence-corrected chi connectivity index (χ3v) is 7.19. The lowest BCUT2D eigenvalue weighted by Gasteiger charge is -2.36. The Morgan fingerprint density at radius 3 is 2.33 bits per heavy atom. The largest absolute Gasteiger partial charge is 0.494 e. The molecule has 3 heterocycles. The molecule has 4 aromatic rings. The van der Waals surface area contributed by atoms with Gasteiger partial charge in [0.25, 0.3) is 0 Å². The fourth-order valence-corrected chi connectivity index (χ4v) is 5.70. The fourth-order valence-electron chi connectivity index (χ4n) is 4.62. The van der Waals surface area contributed by atoms with E-state index in [0.717, 1.165) is 54.9 Å². The van der Waals surface area contributed by atoms with Crippen molar-refractivity contribution in [1.29, 1.82) is 0 Å².